The Balaban J connectivity index is 2.36. The molecule has 6 heteroatoms. The van der Waals surface area contributed by atoms with Crippen molar-refractivity contribution in [1.29, 1.82) is 0 Å². The lowest BCUT2D eigenvalue weighted by Crippen LogP contribution is -2.20. The second-order valence-corrected chi connectivity index (χ2v) is 6.84. The maximum absolute atomic E-state index is 11.9. The first-order valence-corrected chi connectivity index (χ1v) is 8.38. The number of hydrogen-bond acceptors (Lipinski definition) is 2. The molecule has 0 aliphatic carbocycles. The van der Waals surface area contributed by atoms with E-state index in [4.69, 9.17) is 28.9 Å². The molecule has 0 aliphatic heterocycles. The van der Waals surface area contributed by atoms with Crippen LogP contribution in [0.15, 0.2) is 42.5 Å². The van der Waals surface area contributed by atoms with E-state index in [9.17, 15) is 9.00 Å². The summed E-state index contributed by atoms with van der Waals surface area (Å²) in [4.78, 5) is 10.8. The molecule has 0 unspecified atom stereocenters. The Hall–Kier alpha value is -1.36. The lowest BCUT2D eigenvalue weighted by molar-refractivity contribution is -0.115. The van der Waals surface area contributed by atoms with E-state index in [0.29, 0.717) is 10.0 Å². The van der Waals surface area contributed by atoms with Gasteiger partial charge in [-0.3, -0.25) is 9.00 Å². The van der Waals surface area contributed by atoms with Gasteiger partial charge in [0, 0.05) is 26.6 Å². The average Bonchev–Trinajstić information content (AvgIpc) is 2.37. The molecule has 1 atom stereocenters. The topological polar surface area (TPSA) is 60.2 Å². The van der Waals surface area contributed by atoms with Gasteiger partial charge in [0.05, 0.1) is 0 Å². The van der Waals surface area contributed by atoms with Crippen LogP contribution in [0, 0.1) is 0 Å². The van der Waals surface area contributed by atoms with E-state index in [1.54, 1.807) is 18.2 Å². The third-order valence-corrected chi connectivity index (χ3v) is 4.49. The number of primary amides is 1. The Morgan fingerprint density at radius 1 is 1.10 bits per heavy atom. The molecule has 0 bridgehead atoms. The Morgan fingerprint density at radius 2 is 1.71 bits per heavy atom. The summed E-state index contributed by atoms with van der Waals surface area (Å²) in [5, 5.41) is 1.07. The van der Waals surface area contributed by atoms with Crippen LogP contribution in [0.2, 0.25) is 10.0 Å². The molecule has 2 aromatic rings. The first-order valence-electron chi connectivity index (χ1n) is 6.13. The molecular formula is C15H13Cl2NO2S. The number of rotatable bonds is 5. The molecular weight excluding hydrogens is 329 g/mol. The number of benzene rings is 2. The van der Waals surface area contributed by atoms with E-state index in [1.165, 1.54) is 0 Å². The first kappa shape index (κ1) is 16.0. The summed E-state index contributed by atoms with van der Waals surface area (Å²) in [5.41, 5.74) is 7.66. The van der Waals surface area contributed by atoms with Crippen molar-refractivity contribution in [3.05, 3.63) is 58.1 Å². The minimum atomic E-state index is -1.34. The van der Waals surface area contributed by atoms with Crippen molar-refractivity contribution in [2.45, 2.75) is 5.75 Å². The zero-order valence-electron chi connectivity index (χ0n) is 11.0. The maximum atomic E-state index is 11.9. The minimum Gasteiger partial charge on any atom is -0.369 e. The molecule has 0 radical (unpaired) electrons. The van der Waals surface area contributed by atoms with Gasteiger partial charge >= 0.3 is 0 Å². The third-order valence-electron chi connectivity index (χ3n) is 2.81. The molecule has 0 aliphatic rings. The SMILES string of the molecule is NC(=O)C[S@](=O)Cc1ccccc1-c1cc(Cl)cc(Cl)c1. The fourth-order valence-electron chi connectivity index (χ4n) is 2.02. The van der Waals surface area contributed by atoms with E-state index < -0.39 is 16.7 Å². The third kappa shape index (κ3) is 4.56. The van der Waals surface area contributed by atoms with Crippen LogP contribution in [-0.2, 0) is 21.3 Å². The maximum Gasteiger partial charge on any atom is 0.230 e. The standard InChI is InChI=1S/C15H13Cl2NO2S/c16-12-5-11(6-13(17)7-12)14-4-2-1-3-10(14)8-21(20)9-15(18)19/h1-7H,8-9H2,(H2,18,19)/t21-/m1/s1. The molecule has 21 heavy (non-hydrogen) atoms. The molecule has 0 spiro atoms. The second kappa shape index (κ2) is 7.07. The summed E-state index contributed by atoms with van der Waals surface area (Å²) in [6.45, 7) is 0. The van der Waals surface area contributed by atoms with E-state index in [-0.39, 0.29) is 11.5 Å². The largest absolute Gasteiger partial charge is 0.369 e. The highest BCUT2D eigenvalue weighted by molar-refractivity contribution is 7.84. The van der Waals surface area contributed by atoms with Crippen LogP contribution in [0.5, 0.6) is 0 Å². The summed E-state index contributed by atoms with van der Waals surface area (Å²) in [7, 11) is -1.34. The van der Waals surface area contributed by atoms with E-state index in [1.807, 2.05) is 24.3 Å². The normalized spacial score (nSPS) is 12.1. The molecule has 2 N–H and O–H groups in total. The monoisotopic (exact) mass is 341 g/mol. The molecule has 110 valence electrons. The van der Waals surface area contributed by atoms with E-state index in [0.717, 1.165) is 16.7 Å². The summed E-state index contributed by atoms with van der Waals surface area (Å²) >= 11 is 12.0. The summed E-state index contributed by atoms with van der Waals surface area (Å²) in [6.07, 6.45) is 0. The van der Waals surface area contributed by atoms with Gasteiger partial charge in [-0.05, 0) is 34.9 Å². The number of nitrogens with two attached hydrogens (primary N) is 1. The minimum absolute atomic E-state index is 0.148. The Bertz CT molecular complexity index is 684. The van der Waals surface area contributed by atoms with Gasteiger partial charge in [-0.15, -0.1) is 0 Å². The number of carbonyl (C=O) groups excluding carboxylic acids is 1. The van der Waals surface area contributed by atoms with Gasteiger partial charge in [0.25, 0.3) is 0 Å². The Labute approximate surface area is 135 Å². The van der Waals surface area contributed by atoms with Crippen LogP contribution in [0.4, 0.5) is 0 Å². The Morgan fingerprint density at radius 3 is 2.33 bits per heavy atom. The number of hydrogen-bond donors (Lipinski definition) is 1. The van der Waals surface area contributed by atoms with Gasteiger partial charge in [-0.1, -0.05) is 47.5 Å². The Kier molecular flexibility index (Phi) is 5.39. The van der Waals surface area contributed by atoms with Crippen LogP contribution >= 0.6 is 23.2 Å². The number of carbonyl (C=O) groups is 1. The molecule has 1 amide bonds. The lowest BCUT2D eigenvalue weighted by Gasteiger charge is -2.10. The quantitative estimate of drug-likeness (QED) is 0.905. The summed E-state index contributed by atoms with van der Waals surface area (Å²) < 4.78 is 11.9. The zero-order valence-corrected chi connectivity index (χ0v) is 13.3. The zero-order chi connectivity index (χ0) is 15.4. The fraction of sp³-hybridized carbons (Fsp3) is 0.133. The predicted molar refractivity (Wildman–Crippen MR) is 87.8 cm³/mol. The highest BCUT2D eigenvalue weighted by Crippen LogP contribution is 2.30. The van der Waals surface area contributed by atoms with Crippen molar-refractivity contribution >= 4 is 39.9 Å². The van der Waals surface area contributed by atoms with Crippen LogP contribution in [0.1, 0.15) is 5.56 Å². The van der Waals surface area contributed by atoms with Gasteiger partial charge in [0.1, 0.15) is 5.75 Å². The highest BCUT2D eigenvalue weighted by atomic mass is 35.5. The molecule has 2 aromatic carbocycles. The number of halogens is 2. The molecule has 0 heterocycles. The van der Waals surface area contributed by atoms with Gasteiger partial charge in [-0.25, -0.2) is 0 Å². The highest BCUT2D eigenvalue weighted by Gasteiger charge is 2.11. The van der Waals surface area contributed by atoms with Crippen molar-refractivity contribution in [3.63, 3.8) is 0 Å². The molecule has 0 saturated heterocycles. The summed E-state index contributed by atoms with van der Waals surface area (Å²) in [6, 6.07) is 12.7. The van der Waals surface area contributed by atoms with E-state index >= 15 is 0 Å². The molecule has 2 rings (SSSR count). The predicted octanol–water partition coefficient (Wildman–Crippen LogP) is 3.39. The second-order valence-electron chi connectivity index (χ2n) is 4.51. The van der Waals surface area contributed by atoms with Crippen molar-refractivity contribution < 1.29 is 9.00 Å². The van der Waals surface area contributed by atoms with Crippen LogP contribution < -0.4 is 5.73 Å². The number of amides is 1. The van der Waals surface area contributed by atoms with Crippen molar-refractivity contribution in [2.75, 3.05) is 5.75 Å². The van der Waals surface area contributed by atoms with Crippen molar-refractivity contribution in [1.82, 2.24) is 0 Å². The summed E-state index contributed by atoms with van der Waals surface area (Å²) in [5.74, 6) is -0.468. The first-order chi connectivity index (χ1) is 9.95. The van der Waals surface area contributed by atoms with Crippen LogP contribution in [0.3, 0.4) is 0 Å². The van der Waals surface area contributed by atoms with Crippen LogP contribution in [0.25, 0.3) is 11.1 Å². The van der Waals surface area contributed by atoms with Gasteiger partial charge in [0.15, 0.2) is 0 Å². The molecule has 0 saturated carbocycles. The lowest BCUT2D eigenvalue weighted by atomic mass is 10.0. The smallest absolute Gasteiger partial charge is 0.230 e. The molecule has 0 aromatic heterocycles. The average molecular weight is 342 g/mol. The molecule has 3 nitrogen and oxygen atoms in total. The van der Waals surface area contributed by atoms with Crippen LogP contribution in [-0.4, -0.2) is 15.9 Å². The van der Waals surface area contributed by atoms with Crippen molar-refractivity contribution in [3.8, 4) is 11.1 Å². The molecule has 0 fully saturated rings. The van der Waals surface area contributed by atoms with E-state index in [2.05, 4.69) is 0 Å². The van der Waals surface area contributed by atoms with Gasteiger partial charge in [-0.2, -0.15) is 0 Å². The fourth-order valence-corrected chi connectivity index (χ4v) is 3.56. The van der Waals surface area contributed by atoms with Gasteiger partial charge < -0.3 is 5.73 Å². The van der Waals surface area contributed by atoms with Crippen molar-refractivity contribution in [2.24, 2.45) is 5.73 Å². The van der Waals surface area contributed by atoms with Gasteiger partial charge in [0.2, 0.25) is 5.91 Å².